The van der Waals surface area contributed by atoms with E-state index in [0.717, 1.165) is 25.9 Å². The smallest absolute Gasteiger partial charge is 0.274 e. The highest BCUT2D eigenvalue weighted by Gasteiger charge is 2.23. The highest BCUT2D eigenvalue weighted by Crippen LogP contribution is 2.18. The molecule has 1 saturated heterocycles. The molecule has 0 radical (unpaired) electrons. The molecule has 6 heteroatoms. The van der Waals surface area contributed by atoms with Gasteiger partial charge in [0.15, 0.2) is 0 Å². The number of nitrogens with zero attached hydrogens (tertiary/aromatic N) is 2. The first-order chi connectivity index (χ1) is 12.0. The molecule has 25 heavy (non-hydrogen) atoms. The summed E-state index contributed by atoms with van der Waals surface area (Å²) < 4.78 is 0. The molecule has 1 aromatic heterocycles. The molecule has 0 unspecified atom stereocenters. The van der Waals surface area contributed by atoms with Crippen LogP contribution in [0.3, 0.4) is 0 Å². The van der Waals surface area contributed by atoms with Gasteiger partial charge in [0, 0.05) is 23.8 Å². The third kappa shape index (κ3) is 4.37. The Kier molecular flexibility index (Phi) is 5.34. The van der Waals surface area contributed by atoms with Gasteiger partial charge in [-0.05, 0) is 49.1 Å². The first-order valence-corrected chi connectivity index (χ1v) is 8.74. The van der Waals surface area contributed by atoms with E-state index in [0.29, 0.717) is 22.3 Å². The van der Waals surface area contributed by atoms with Crippen LogP contribution in [0, 0.1) is 5.92 Å². The number of hydrogen-bond acceptors (Lipinski definition) is 3. The van der Waals surface area contributed by atoms with Gasteiger partial charge in [-0.1, -0.05) is 30.7 Å². The zero-order chi connectivity index (χ0) is 17.8. The van der Waals surface area contributed by atoms with Crippen LogP contribution in [0.4, 0.5) is 5.69 Å². The van der Waals surface area contributed by atoms with Gasteiger partial charge in [0.1, 0.15) is 11.4 Å². The lowest BCUT2D eigenvalue weighted by molar-refractivity contribution is 0.0691. The van der Waals surface area contributed by atoms with Crippen LogP contribution in [0.25, 0.3) is 0 Å². The fourth-order valence-corrected chi connectivity index (χ4v) is 3.01. The van der Waals surface area contributed by atoms with E-state index >= 15 is 0 Å². The van der Waals surface area contributed by atoms with Gasteiger partial charge in [-0.15, -0.1) is 0 Å². The van der Waals surface area contributed by atoms with Crippen LogP contribution in [0.5, 0.6) is 0 Å². The van der Waals surface area contributed by atoms with Crippen molar-refractivity contribution in [3.05, 3.63) is 58.9 Å². The molecule has 0 spiro atoms. The molecule has 0 atom stereocenters. The summed E-state index contributed by atoms with van der Waals surface area (Å²) in [5, 5.41) is 3.28. The molecule has 1 aromatic carbocycles. The molecule has 2 amide bonds. The van der Waals surface area contributed by atoms with Crippen molar-refractivity contribution in [1.82, 2.24) is 9.88 Å². The van der Waals surface area contributed by atoms with E-state index < -0.39 is 0 Å². The second-order valence-electron chi connectivity index (χ2n) is 6.35. The number of carbonyl (C=O) groups excluding carboxylic acids is 2. The third-order valence-corrected chi connectivity index (χ3v) is 4.59. The number of hydrogen-bond donors (Lipinski definition) is 1. The molecule has 1 aliphatic heterocycles. The number of likely N-dealkylation sites (tertiary alicyclic amines) is 1. The first kappa shape index (κ1) is 17.4. The second-order valence-corrected chi connectivity index (χ2v) is 6.78. The summed E-state index contributed by atoms with van der Waals surface area (Å²) >= 11 is 5.92. The minimum Gasteiger partial charge on any atom is -0.337 e. The van der Waals surface area contributed by atoms with Gasteiger partial charge >= 0.3 is 0 Å². The molecule has 1 fully saturated rings. The highest BCUT2D eigenvalue weighted by atomic mass is 35.5. The van der Waals surface area contributed by atoms with Gasteiger partial charge in [-0.2, -0.15) is 0 Å². The van der Waals surface area contributed by atoms with Crippen LogP contribution >= 0.6 is 11.6 Å². The van der Waals surface area contributed by atoms with Crippen molar-refractivity contribution in [1.29, 1.82) is 0 Å². The molecule has 2 heterocycles. The summed E-state index contributed by atoms with van der Waals surface area (Å²) in [5.41, 5.74) is 1.09. The zero-order valence-corrected chi connectivity index (χ0v) is 14.8. The van der Waals surface area contributed by atoms with Crippen molar-refractivity contribution in [3.8, 4) is 0 Å². The van der Waals surface area contributed by atoms with Gasteiger partial charge in [-0.25, -0.2) is 4.98 Å². The molecule has 130 valence electrons. The number of halogens is 1. The van der Waals surface area contributed by atoms with E-state index in [-0.39, 0.29) is 17.5 Å². The second kappa shape index (κ2) is 7.66. The average Bonchev–Trinajstić information content (AvgIpc) is 2.62. The number of aromatic nitrogens is 1. The Morgan fingerprint density at radius 2 is 1.80 bits per heavy atom. The van der Waals surface area contributed by atoms with Gasteiger partial charge in [0.2, 0.25) is 0 Å². The molecule has 3 rings (SSSR count). The highest BCUT2D eigenvalue weighted by molar-refractivity contribution is 6.30. The molecular formula is C19H20ClN3O2. The first-order valence-electron chi connectivity index (χ1n) is 8.36. The van der Waals surface area contributed by atoms with Crippen molar-refractivity contribution in [2.75, 3.05) is 18.4 Å². The molecular weight excluding hydrogens is 338 g/mol. The number of amides is 2. The SMILES string of the molecule is CC1CCN(C(=O)c2cccc(C(=O)Nc3cccc(Cl)c3)n2)CC1. The minimum atomic E-state index is -0.371. The Balaban J connectivity index is 1.72. The lowest BCUT2D eigenvalue weighted by atomic mass is 9.99. The van der Waals surface area contributed by atoms with Crippen LogP contribution in [-0.4, -0.2) is 34.8 Å². The lowest BCUT2D eigenvalue weighted by Crippen LogP contribution is -2.38. The third-order valence-electron chi connectivity index (χ3n) is 4.35. The summed E-state index contributed by atoms with van der Waals surface area (Å²) in [4.78, 5) is 31.0. The molecule has 0 bridgehead atoms. The largest absolute Gasteiger partial charge is 0.337 e. The molecule has 1 aliphatic rings. The molecule has 1 N–H and O–H groups in total. The van der Waals surface area contributed by atoms with Crippen LogP contribution in [0.15, 0.2) is 42.5 Å². The van der Waals surface area contributed by atoms with Crippen LogP contribution in [0.2, 0.25) is 5.02 Å². The minimum absolute atomic E-state index is 0.121. The quantitative estimate of drug-likeness (QED) is 0.907. The predicted octanol–water partition coefficient (Wildman–Crippen LogP) is 3.86. The van der Waals surface area contributed by atoms with E-state index in [1.165, 1.54) is 0 Å². The lowest BCUT2D eigenvalue weighted by Gasteiger charge is -2.30. The maximum Gasteiger partial charge on any atom is 0.274 e. The van der Waals surface area contributed by atoms with E-state index in [1.807, 2.05) is 0 Å². The van der Waals surface area contributed by atoms with E-state index in [2.05, 4.69) is 17.2 Å². The van der Waals surface area contributed by atoms with Gasteiger partial charge in [0.05, 0.1) is 0 Å². The van der Waals surface area contributed by atoms with Gasteiger partial charge in [-0.3, -0.25) is 9.59 Å². The fraction of sp³-hybridized carbons (Fsp3) is 0.316. The van der Waals surface area contributed by atoms with Crippen molar-refractivity contribution in [3.63, 3.8) is 0 Å². The van der Waals surface area contributed by atoms with Crippen molar-refractivity contribution < 1.29 is 9.59 Å². The van der Waals surface area contributed by atoms with Crippen LogP contribution in [0.1, 0.15) is 40.7 Å². The topological polar surface area (TPSA) is 62.3 Å². The summed E-state index contributed by atoms with van der Waals surface area (Å²) in [5.74, 6) is 0.153. The van der Waals surface area contributed by atoms with E-state index in [9.17, 15) is 9.59 Å². The normalized spacial score (nSPS) is 15.0. The number of benzene rings is 1. The number of rotatable bonds is 3. The molecule has 5 nitrogen and oxygen atoms in total. The van der Waals surface area contributed by atoms with E-state index in [4.69, 9.17) is 11.6 Å². The maximum atomic E-state index is 12.6. The Morgan fingerprint density at radius 3 is 2.52 bits per heavy atom. The van der Waals surface area contributed by atoms with Crippen LogP contribution in [-0.2, 0) is 0 Å². The Morgan fingerprint density at radius 1 is 1.12 bits per heavy atom. The van der Waals surface area contributed by atoms with Gasteiger partial charge < -0.3 is 10.2 Å². The number of anilines is 1. The maximum absolute atomic E-state index is 12.6. The van der Waals surface area contributed by atoms with Crippen molar-refractivity contribution >= 4 is 29.1 Å². The Bertz CT molecular complexity index is 786. The summed E-state index contributed by atoms with van der Waals surface area (Å²) in [6, 6.07) is 11.8. The summed E-state index contributed by atoms with van der Waals surface area (Å²) in [6.07, 6.45) is 2.00. The molecule has 2 aromatic rings. The van der Waals surface area contributed by atoms with Crippen LogP contribution < -0.4 is 5.32 Å². The fourth-order valence-electron chi connectivity index (χ4n) is 2.82. The molecule has 0 saturated carbocycles. The van der Waals surface area contributed by atoms with E-state index in [1.54, 1.807) is 47.4 Å². The zero-order valence-electron chi connectivity index (χ0n) is 14.0. The standard InChI is InChI=1S/C19H20ClN3O2/c1-13-8-10-23(11-9-13)19(25)17-7-3-6-16(22-17)18(24)21-15-5-2-4-14(20)12-15/h2-7,12-13H,8-11H2,1H3,(H,21,24). The Labute approximate surface area is 152 Å². The van der Waals surface area contributed by atoms with Gasteiger partial charge in [0.25, 0.3) is 11.8 Å². The number of nitrogens with one attached hydrogen (secondary N) is 1. The number of piperidine rings is 1. The average molecular weight is 358 g/mol. The Hall–Kier alpha value is -2.40. The predicted molar refractivity (Wildman–Crippen MR) is 97.9 cm³/mol. The number of carbonyl (C=O) groups is 2. The summed E-state index contributed by atoms with van der Waals surface area (Å²) in [7, 11) is 0. The monoisotopic (exact) mass is 357 g/mol. The number of pyridine rings is 1. The molecule has 0 aliphatic carbocycles. The van der Waals surface area contributed by atoms with Crippen molar-refractivity contribution in [2.24, 2.45) is 5.92 Å². The summed E-state index contributed by atoms with van der Waals surface area (Å²) in [6.45, 7) is 3.67. The van der Waals surface area contributed by atoms with Crippen molar-refractivity contribution in [2.45, 2.75) is 19.8 Å².